The number of ether oxygens (including phenoxy) is 1. The summed E-state index contributed by atoms with van der Waals surface area (Å²) < 4.78 is 6.43. The zero-order valence-corrected chi connectivity index (χ0v) is 15.6. The van der Waals surface area contributed by atoms with E-state index in [1.54, 1.807) is 4.90 Å². The van der Waals surface area contributed by atoms with Gasteiger partial charge in [-0.25, -0.2) is 4.79 Å². The normalized spacial score (nSPS) is 16.7. The van der Waals surface area contributed by atoms with Gasteiger partial charge in [0.15, 0.2) is 0 Å². The van der Waals surface area contributed by atoms with Crippen molar-refractivity contribution in [1.29, 1.82) is 0 Å². The summed E-state index contributed by atoms with van der Waals surface area (Å²) in [6.07, 6.45) is -0.229. The van der Waals surface area contributed by atoms with Crippen LogP contribution in [0, 0.1) is 0 Å². The van der Waals surface area contributed by atoms with Gasteiger partial charge in [0.05, 0.1) is 0 Å². The van der Waals surface area contributed by atoms with E-state index in [2.05, 4.69) is 20.8 Å². The van der Waals surface area contributed by atoms with Gasteiger partial charge in [0, 0.05) is 42.2 Å². The molecule has 1 aliphatic heterocycles. The van der Waals surface area contributed by atoms with Crippen molar-refractivity contribution in [2.45, 2.75) is 32.9 Å². The maximum absolute atomic E-state index is 12.0. The molecule has 22 heavy (non-hydrogen) atoms. The number of halogens is 2. The average molecular weight is 390 g/mol. The molecule has 0 N–H and O–H groups in total. The van der Waals surface area contributed by atoms with Crippen LogP contribution in [0.4, 0.5) is 4.79 Å². The summed E-state index contributed by atoms with van der Waals surface area (Å²) in [6, 6.07) is 5.88. The molecule has 0 saturated carbocycles. The van der Waals surface area contributed by atoms with E-state index in [0.29, 0.717) is 13.1 Å². The lowest BCUT2D eigenvalue weighted by molar-refractivity contribution is 0.0139. The van der Waals surface area contributed by atoms with Gasteiger partial charge in [-0.2, -0.15) is 0 Å². The SMILES string of the molecule is CC(C)(C)OC(=O)N1CCN(Cc2cc(Br)ccc2Cl)CC1. The van der Waals surface area contributed by atoms with E-state index in [4.69, 9.17) is 16.3 Å². The Balaban J connectivity index is 1.87. The summed E-state index contributed by atoms with van der Waals surface area (Å²) in [7, 11) is 0. The van der Waals surface area contributed by atoms with E-state index in [-0.39, 0.29) is 6.09 Å². The average Bonchev–Trinajstić information content (AvgIpc) is 2.42. The van der Waals surface area contributed by atoms with Crippen LogP contribution in [0.5, 0.6) is 0 Å². The van der Waals surface area contributed by atoms with Crippen LogP contribution >= 0.6 is 27.5 Å². The molecule has 1 fully saturated rings. The van der Waals surface area contributed by atoms with E-state index in [0.717, 1.165) is 34.7 Å². The fourth-order valence-corrected chi connectivity index (χ4v) is 2.91. The molecule has 1 saturated heterocycles. The van der Waals surface area contributed by atoms with E-state index < -0.39 is 5.60 Å². The molecule has 0 aromatic heterocycles. The molecule has 4 nitrogen and oxygen atoms in total. The maximum atomic E-state index is 12.0. The van der Waals surface area contributed by atoms with Crippen molar-refractivity contribution in [2.75, 3.05) is 26.2 Å². The van der Waals surface area contributed by atoms with E-state index in [1.165, 1.54) is 0 Å². The van der Waals surface area contributed by atoms with Crippen molar-refractivity contribution in [3.63, 3.8) is 0 Å². The standard InChI is InChI=1S/C16H22BrClN2O2/c1-16(2,3)22-15(21)20-8-6-19(7-9-20)11-12-10-13(17)4-5-14(12)18/h4-5,10H,6-9,11H2,1-3H3. The second kappa shape index (κ2) is 7.20. The number of benzene rings is 1. The van der Waals surface area contributed by atoms with Gasteiger partial charge in [-0.3, -0.25) is 4.90 Å². The molecule has 0 bridgehead atoms. The number of nitrogens with zero attached hydrogens (tertiary/aromatic N) is 2. The first-order valence-corrected chi connectivity index (χ1v) is 8.56. The van der Waals surface area contributed by atoms with Crippen molar-refractivity contribution >= 4 is 33.6 Å². The molecule has 1 aromatic carbocycles. The van der Waals surface area contributed by atoms with Crippen LogP contribution in [0.15, 0.2) is 22.7 Å². The zero-order valence-electron chi connectivity index (χ0n) is 13.2. The third-order valence-corrected chi connectivity index (χ3v) is 4.29. The van der Waals surface area contributed by atoms with Crippen LogP contribution in [0.3, 0.4) is 0 Å². The number of amides is 1. The third-order valence-electron chi connectivity index (χ3n) is 3.43. The Hall–Kier alpha value is -0.780. The number of rotatable bonds is 2. The molecular weight excluding hydrogens is 368 g/mol. The van der Waals surface area contributed by atoms with Crippen molar-refractivity contribution in [3.05, 3.63) is 33.3 Å². The number of hydrogen-bond donors (Lipinski definition) is 0. The van der Waals surface area contributed by atoms with Crippen LogP contribution in [-0.4, -0.2) is 47.7 Å². The number of carbonyl (C=O) groups excluding carboxylic acids is 1. The van der Waals surface area contributed by atoms with E-state index in [1.807, 2.05) is 39.0 Å². The molecule has 6 heteroatoms. The fourth-order valence-electron chi connectivity index (χ4n) is 2.32. The first-order chi connectivity index (χ1) is 10.2. The second-order valence-corrected chi connectivity index (χ2v) is 7.80. The largest absolute Gasteiger partial charge is 0.444 e. The summed E-state index contributed by atoms with van der Waals surface area (Å²) in [5.41, 5.74) is 0.652. The Morgan fingerprint density at radius 1 is 1.27 bits per heavy atom. The maximum Gasteiger partial charge on any atom is 0.410 e. The first kappa shape index (κ1) is 17.6. The third kappa shape index (κ3) is 5.14. The molecule has 1 heterocycles. The molecule has 0 unspecified atom stereocenters. The van der Waals surface area contributed by atoms with Gasteiger partial charge in [0.1, 0.15) is 5.60 Å². The quantitative estimate of drug-likeness (QED) is 0.761. The summed E-state index contributed by atoms with van der Waals surface area (Å²) in [5.74, 6) is 0. The second-order valence-electron chi connectivity index (χ2n) is 6.48. The zero-order chi connectivity index (χ0) is 16.3. The van der Waals surface area contributed by atoms with Gasteiger partial charge >= 0.3 is 6.09 Å². The number of hydrogen-bond acceptors (Lipinski definition) is 3. The lowest BCUT2D eigenvalue weighted by Gasteiger charge is -2.35. The van der Waals surface area contributed by atoms with Gasteiger partial charge in [-0.05, 0) is 44.5 Å². The fraction of sp³-hybridized carbons (Fsp3) is 0.562. The van der Waals surface area contributed by atoms with Gasteiger partial charge in [-0.1, -0.05) is 27.5 Å². The Kier molecular flexibility index (Phi) is 5.75. The highest BCUT2D eigenvalue weighted by Crippen LogP contribution is 2.23. The molecule has 1 aromatic rings. The summed E-state index contributed by atoms with van der Waals surface area (Å²) >= 11 is 9.71. The van der Waals surface area contributed by atoms with Crippen molar-refractivity contribution in [1.82, 2.24) is 9.80 Å². The molecule has 1 aliphatic rings. The lowest BCUT2D eigenvalue weighted by Crippen LogP contribution is -2.49. The van der Waals surface area contributed by atoms with Crippen LogP contribution < -0.4 is 0 Å². The van der Waals surface area contributed by atoms with Crippen LogP contribution in [0.2, 0.25) is 5.02 Å². The number of carbonyl (C=O) groups is 1. The highest BCUT2D eigenvalue weighted by molar-refractivity contribution is 9.10. The summed E-state index contributed by atoms with van der Waals surface area (Å²) in [5, 5.41) is 0.776. The highest BCUT2D eigenvalue weighted by Gasteiger charge is 2.25. The Bertz CT molecular complexity index is 537. The van der Waals surface area contributed by atoms with Crippen LogP contribution in [0.25, 0.3) is 0 Å². The minimum absolute atomic E-state index is 0.229. The molecule has 0 spiro atoms. The summed E-state index contributed by atoms with van der Waals surface area (Å²) in [6.45, 7) is 9.45. The molecule has 0 atom stereocenters. The Labute approximate surface area is 145 Å². The Morgan fingerprint density at radius 3 is 2.50 bits per heavy atom. The molecule has 0 aliphatic carbocycles. The van der Waals surface area contributed by atoms with Crippen molar-refractivity contribution in [2.24, 2.45) is 0 Å². The predicted molar refractivity (Wildman–Crippen MR) is 92.2 cm³/mol. The van der Waals surface area contributed by atoms with Gasteiger partial charge in [-0.15, -0.1) is 0 Å². The topological polar surface area (TPSA) is 32.8 Å². The lowest BCUT2D eigenvalue weighted by atomic mass is 10.2. The molecule has 122 valence electrons. The van der Waals surface area contributed by atoms with Gasteiger partial charge < -0.3 is 9.64 Å². The Morgan fingerprint density at radius 2 is 1.91 bits per heavy atom. The van der Waals surface area contributed by atoms with Crippen LogP contribution in [-0.2, 0) is 11.3 Å². The minimum atomic E-state index is -0.446. The molecule has 1 amide bonds. The summed E-state index contributed by atoms with van der Waals surface area (Å²) in [4.78, 5) is 16.1. The van der Waals surface area contributed by atoms with Gasteiger partial charge in [0.2, 0.25) is 0 Å². The minimum Gasteiger partial charge on any atom is -0.444 e. The molecular formula is C16H22BrClN2O2. The first-order valence-electron chi connectivity index (χ1n) is 7.39. The molecule has 2 rings (SSSR count). The van der Waals surface area contributed by atoms with Gasteiger partial charge in [0.25, 0.3) is 0 Å². The number of piperazine rings is 1. The highest BCUT2D eigenvalue weighted by atomic mass is 79.9. The van der Waals surface area contributed by atoms with E-state index >= 15 is 0 Å². The predicted octanol–water partition coefficient (Wildman–Crippen LogP) is 4.16. The molecule has 0 radical (unpaired) electrons. The monoisotopic (exact) mass is 388 g/mol. The van der Waals surface area contributed by atoms with Crippen molar-refractivity contribution in [3.8, 4) is 0 Å². The van der Waals surface area contributed by atoms with Crippen molar-refractivity contribution < 1.29 is 9.53 Å². The van der Waals surface area contributed by atoms with Crippen LogP contribution in [0.1, 0.15) is 26.3 Å². The smallest absolute Gasteiger partial charge is 0.410 e. The van der Waals surface area contributed by atoms with E-state index in [9.17, 15) is 4.79 Å².